The molecular weight excluding hydrogens is 192 g/mol. The van der Waals surface area contributed by atoms with E-state index in [1.165, 1.54) is 6.21 Å². The molecule has 4 N–H and O–H groups in total. The van der Waals surface area contributed by atoms with Gasteiger partial charge in [-0.05, 0) is 23.1 Å². The fourth-order valence-corrected chi connectivity index (χ4v) is 1.32. The van der Waals surface area contributed by atoms with Crippen molar-refractivity contribution < 1.29 is 4.79 Å². The maximum absolute atomic E-state index is 10.4. The first-order chi connectivity index (χ1) is 7.25. The molecule has 0 spiro atoms. The van der Waals surface area contributed by atoms with E-state index in [-0.39, 0.29) is 0 Å². The van der Waals surface area contributed by atoms with Crippen LogP contribution in [0.25, 0.3) is 10.9 Å². The summed E-state index contributed by atoms with van der Waals surface area (Å²) in [5.74, 6) is 0. The molecule has 1 heterocycles. The number of carbonyl (C=O) groups is 1. The van der Waals surface area contributed by atoms with E-state index < -0.39 is 6.03 Å². The van der Waals surface area contributed by atoms with Crippen molar-refractivity contribution in [1.29, 1.82) is 0 Å². The lowest BCUT2D eigenvalue weighted by Crippen LogP contribution is -2.24. The van der Waals surface area contributed by atoms with Crippen molar-refractivity contribution in [1.82, 2.24) is 10.4 Å². The van der Waals surface area contributed by atoms with Crippen LogP contribution in [0.5, 0.6) is 0 Å². The highest BCUT2D eigenvalue weighted by Crippen LogP contribution is 2.12. The minimum absolute atomic E-state index is 0.674. The summed E-state index contributed by atoms with van der Waals surface area (Å²) in [6.45, 7) is 0. The fraction of sp³-hybridized carbons (Fsp3) is 0. The number of primary amides is 1. The number of fused-ring (bicyclic) bond motifs is 1. The van der Waals surface area contributed by atoms with Crippen LogP contribution in [0, 0.1) is 0 Å². The van der Waals surface area contributed by atoms with Gasteiger partial charge in [-0.15, -0.1) is 0 Å². The molecule has 2 amide bonds. The van der Waals surface area contributed by atoms with Gasteiger partial charge in [-0.3, -0.25) is 0 Å². The largest absolute Gasteiger partial charge is 0.361 e. The van der Waals surface area contributed by atoms with Gasteiger partial charge in [-0.2, -0.15) is 5.10 Å². The highest BCUT2D eigenvalue weighted by atomic mass is 16.2. The van der Waals surface area contributed by atoms with Gasteiger partial charge in [0, 0.05) is 11.7 Å². The lowest BCUT2D eigenvalue weighted by atomic mass is 10.2. The summed E-state index contributed by atoms with van der Waals surface area (Å²) in [5.41, 5.74) is 8.91. The van der Waals surface area contributed by atoms with Gasteiger partial charge in [-0.25, -0.2) is 10.2 Å². The lowest BCUT2D eigenvalue weighted by molar-refractivity contribution is 0.249. The first-order valence-electron chi connectivity index (χ1n) is 4.41. The second-order valence-electron chi connectivity index (χ2n) is 3.06. The van der Waals surface area contributed by atoms with Crippen molar-refractivity contribution in [3.63, 3.8) is 0 Å². The molecule has 76 valence electrons. The number of nitrogens with one attached hydrogen (secondary N) is 2. The number of benzene rings is 1. The number of amides is 2. The standard InChI is InChI=1S/C10H10N4O/c11-10(15)14-13-6-7-1-2-8-3-4-12-9(8)5-7/h1-6,12H,(H3,11,14,15). The Kier molecular flexibility index (Phi) is 2.37. The summed E-state index contributed by atoms with van der Waals surface area (Å²) in [5, 5.41) is 4.80. The molecule has 5 heteroatoms. The minimum Gasteiger partial charge on any atom is -0.361 e. The molecule has 0 saturated carbocycles. The number of nitrogens with zero attached hydrogens (tertiary/aromatic N) is 1. The molecule has 0 bridgehead atoms. The van der Waals surface area contributed by atoms with E-state index in [1.54, 1.807) is 0 Å². The number of hydrazone groups is 1. The molecule has 2 rings (SSSR count). The number of nitrogens with two attached hydrogens (primary N) is 1. The molecule has 1 aromatic heterocycles. The van der Waals surface area contributed by atoms with E-state index in [0.29, 0.717) is 0 Å². The molecule has 15 heavy (non-hydrogen) atoms. The van der Waals surface area contributed by atoms with Gasteiger partial charge in [0.25, 0.3) is 0 Å². The summed E-state index contributed by atoms with van der Waals surface area (Å²) < 4.78 is 0. The van der Waals surface area contributed by atoms with Crippen LogP contribution in [0.4, 0.5) is 4.79 Å². The van der Waals surface area contributed by atoms with E-state index in [4.69, 9.17) is 5.73 Å². The Morgan fingerprint density at radius 1 is 1.47 bits per heavy atom. The number of aromatic amines is 1. The second kappa shape index (κ2) is 3.83. The van der Waals surface area contributed by atoms with E-state index in [1.807, 2.05) is 30.5 Å². The summed E-state index contributed by atoms with van der Waals surface area (Å²) in [4.78, 5) is 13.4. The number of aromatic nitrogens is 1. The fourth-order valence-electron chi connectivity index (χ4n) is 1.32. The lowest BCUT2D eigenvalue weighted by Gasteiger charge is -1.94. The van der Waals surface area contributed by atoms with Crippen LogP contribution in [-0.4, -0.2) is 17.2 Å². The maximum Gasteiger partial charge on any atom is 0.332 e. The Morgan fingerprint density at radius 2 is 2.33 bits per heavy atom. The van der Waals surface area contributed by atoms with Gasteiger partial charge >= 0.3 is 6.03 Å². The monoisotopic (exact) mass is 202 g/mol. The molecule has 0 aliphatic rings. The zero-order valence-electron chi connectivity index (χ0n) is 7.90. The highest BCUT2D eigenvalue weighted by Gasteiger charge is 1.94. The molecule has 0 atom stereocenters. The predicted molar refractivity (Wildman–Crippen MR) is 58.6 cm³/mol. The van der Waals surface area contributed by atoms with Crippen molar-refractivity contribution in [2.75, 3.05) is 0 Å². The SMILES string of the molecule is NC(=O)NN=Cc1ccc2cc[nH]c2c1. The normalized spacial score (nSPS) is 10.9. The number of rotatable bonds is 2. The molecule has 1 aromatic carbocycles. The third-order valence-electron chi connectivity index (χ3n) is 1.97. The molecule has 2 aromatic rings. The van der Waals surface area contributed by atoms with Crippen LogP contribution < -0.4 is 11.2 Å². The first kappa shape index (κ1) is 9.26. The molecule has 0 fully saturated rings. The van der Waals surface area contributed by atoms with Gasteiger partial charge in [0.15, 0.2) is 0 Å². The van der Waals surface area contributed by atoms with Gasteiger partial charge in [0.05, 0.1) is 6.21 Å². The smallest absolute Gasteiger partial charge is 0.332 e. The summed E-state index contributed by atoms with van der Waals surface area (Å²) >= 11 is 0. The number of carbonyl (C=O) groups excluding carboxylic acids is 1. The Morgan fingerprint density at radius 3 is 3.13 bits per heavy atom. The van der Waals surface area contributed by atoms with Crippen LogP contribution >= 0.6 is 0 Å². The van der Waals surface area contributed by atoms with Crippen molar-refractivity contribution in [2.45, 2.75) is 0 Å². The number of H-pyrrole nitrogens is 1. The molecule has 0 saturated heterocycles. The minimum atomic E-state index is -0.674. The Hall–Kier alpha value is -2.30. The van der Waals surface area contributed by atoms with Crippen molar-refractivity contribution in [2.24, 2.45) is 10.8 Å². The number of hydrogen-bond donors (Lipinski definition) is 3. The average molecular weight is 202 g/mol. The van der Waals surface area contributed by atoms with E-state index in [9.17, 15) is 4.79 Å². The molecule has 0 unspecified atom stereocenters. The van der Waals surface area contributed by atoms with Crippen molar-refractivity contribution in [3.8, 4) is 0 Å². The van der Waals surface area contributed by atoms with Crippen LogP contribution in [0.15, 0.2) is 35.6 Å². The van der Waals surface area contributed by atoms with Gasteiger partial charge in [0.2, 0.25) is 0 Å². The van der Waals surface area contributed by atoms with E-state index >= 15 is 0 Å². The van der Waals surface area contributed by atoms with Crippen LogP contribution in [-0.2, 0) is 0 Å². The number of urea groups is 1. The zero-order chi connectivity index (χ0) is 10.7. The maximum atomic E-state index is 10.4. The Labute approximate surface area is 86.0 Å². The van der Waals surface area contributed by atoms with Crippen molar-refractivity contribution in [3.05, 3.63) is 36.0 Å². The highest BCUT2D eigenvalue weighted by molar-refractivity contribution is 5.89. The topological polar surface area (TPSA) is 83.3 Å². The second-order valence-corrected chi connectivity index (χ2v) is 3.06. The van der Waals surface area contributed by atoms with Gasteiger partial charge in [0.1, 0.15) is 0 Å². The quantitative estimate of drug-likeness (QED) is 0.495. The van der Waals surface area contributed by atoms with Crippen LogP contribution in [0.3, 0.4) is 0 Å². The van der Waals surface area contributed by atoms with Crippen LogP contribution in [0.1, 0.15) is 5.56 Å². The Bertz CT molecular complexity index is 515. The number of hydrogen-bond acceptors (Lipinski definition) is 2. The molecule has 0 aliphatic carbocycles. The van der Waals surface area contributed by atoms with Crippen molar-refractivity contribution >= 4 is 23.1 Å². The molecular formula is C10H10N4O. The predicted octanol–water partition coefficient (Wildman–Crippen LogP) is 1.17. The Balaban J connectivity index is 2.21. The third kappa shape index (κ3) is 2.14. The average Bonchev–Trinajstić information content (AvgIpc) is 2.64. The van der Waals surface area contributed by atoms with Crippen LogP contribution in [0.2, 0.25) is 0 Å². The zero-order valence-corrected chi connectivity index (χ0v) is 7.90. The summed E-state index contributed by atoms with van der Waals surface area (Å²) in [6.07, 6.45) is 3.40. The van der Waals surface area contributed by atoms with E-state index in [0.717, 1.165) is 16.5 Å². The van der Waals surface area contributed by atoms with Gasteiger partial charge in [-0.1, -0.05) is 12.1 Å². The van der Waals surface area contributed by atoms with E-state index in [2.05, 4.69) is 15.5 Å². The first-order valence-corrected chi connectivity index (χ1v) is 4.41. The third-order valence-corrected chi connectivity index (χ3v) is 1.97. The summed E-state index contributed by atoms with van der Waals surface area (Å²) in [7, 11) is 0. The molecule has 0 aliphatic heterocycles. The summed E-state index contributed by atoms with van der Waals surface area (Å²) in [6, 6.07) is 7.12. The molecule has 5 nitrogen and oxygen atoms in total. The molecule has 0 radical (unpaired) electrons. The van der Waals surface area contributed by atoms with Gasteiger partial charge < -0.3 is 10.7 Å².